The number of nitrogens with one attached hydrogen (secondary N) is 1. The number of methoxy groups -OCH3 is 2. The Balaban J connectivity index is 2.72. The van der Waals surface area contributed by atoms with E-state index in [-0.39, 0.29) is 0 Å². The highest BCUT2D eigenvalue weighted by atomic mass is 35.5. The standard InChI is InChI=1S/C15H24ClNO2/c1-6-15(2,3)10-17-9-11-7-12(16)14(19-5)13(8-11)18-4/h7-8,17H,6,9-10H2,1-5H3. The van der Waals surface area contributed by atoms with Gasteiger partial charge in [-0.3, -0.25) is 0 Å². The molecule has 4 heteroatoms. The van der Waals surface area contributed by atoms with Crippen molar-refractivity contribution in [1.29, 1.82) is 0 Å². The smallest absolute Gasteiger partial charge is 0.179 e. The van der Waals surface area contributed by atoms with E-state index in [0.717, 1.165) is 25.1 Å². The van der Waals surface area contributed by atoms with Crippen LogP contribution in [0.1, 0.15) is 32.8 Å². The Morgan fingerprint density at radius 2 is 1.89 bits per heavy atom. The van der Waals surface area contributed by atoms with Crippen molar-refractivity contribution in [3.05, 3.63) is 22.7 Å². The molecule has 0 fully saturated rings. The van der Waals surface area contributed by atoms with Gasteiger partial charge in [0.2, 0.25) is 0 Å². The van der Waals surface area contributed by atoms with Gasteiger partial charge in [0, 0.05) is 13.1 Å². The maximum Gasteiger partial charge on any atom is 0.179 e. The van der Waals surface area contributed by atoms with E-state index >= 15 is 0 Å². The Morgan fingerprint density at radius 1 is 1.21 bits per heavy atom. The summed E-state index contributed by atoms with van der Waals surface area (Å²) in [7, 11) is 3.21. The molecule has 0 aliphatic carbocycles. The molecular weight excluding hydrogens is 262 g/mol. The van der Waals surface area contributed by atoms with E-state index < -0.39 is 0 Å². The van der Waals surface area contributed by atoms with E-state index in [2.05, 4.69) is 26.1 Å². The molecule has 0 aromatic heterocycles. The third kappa shape index (κ3) is 4.59. The van der Waals surface area contributed by atoms with Crippen LogP contribution in [0.4, 0.5) is 0 Å². The van der Waals surface area contributed by atoms with Crippen molar-refractivity contribution in [2.75, 3.05) is 20.8 Å². The zero-order valence-corrected chi connectivity index (χ0v) is 13.2. The normalized spacial score (nSPS) is 11.5. The highest BCUT2D eigenvalue weighted by Crippen LogP contribution is 2.36. The fourth-order valence-corrected chi connectivity index (χ4v) is 2.05. The molecule has 0 saturated heterocycles. The minimum atomic E-state index is 0.306. The third-order valence-corrected chi connectivity index (χ3v) is 3.66. The van der Waals surface area contributed by atoms with Gasteiger partial charge in [0.25, 0.3) is 0 Å². The van der Waals surface area contributed by atoms with Gasteiger partial charge in [0.05, 0.1) is 19.2 Å². The first kappa shape index (κ1) is 16.1. The van der Waals surface area contributed by atoms with Gasteiger partial charge < -0.3 is 14.8 Å². The number of ether oxygens (including phenoxy) is 2. The van der Waals surface area contributed by atoms with Crippen molar-refractivity contribution in [3.8, 4) is 11.5 Å². The Kier molecular flexibility index (Phi) is 5.95. The molecule has 1 rings (SSSR count). The number of rotatable bonds is 7. The zero-order valence-electron chi connectivity index (χ0n) is 12.5. The summed E-state index contributed by atoms with van der Waals surface area (Å²) in [5, 5.41) is 4.03. The van der Waals surface area contributed by atoms with Crippen molar-refractivity contribution in [1.82, 2.24) is 5.32 Å². The highest BCUT2D eigenvalue weighted by molar-refractivity contribution is 6.32. The summed E-state index contributed by atoms with van der Waals surface area (Å²) in [6.07, 6.45) is 1.15. The Labute approximate surface area is 121 Å². The first-order valence-corrected chi connectivity index (χ1v) is 6.92. The summed E-state index contributed by atoms with van der Waals surface area (Å²) in [6.45, 7) is 8.44. The second-order valence-corrected chi connectivity index (χ2v) is 5.84. The maximum absolute atomic E-state index is 6.18. The van der Waals surface area contributed by atoms with Crippen LogP contribution in [0.25, 0.3) is 0 Å². The lowest BCUT2D eigenvalue weighted by Crippen LogP contribution is -2.28. The van der Waals surface area contributed by atoms with E-state index in [1.165, 1.54) is 0 Å². The first-order chi connectivity index (χ1) is 8.93. The molecule has 0 spiro atoms. The average molecular weight is 286 g/mol. The second-order valence-electron chi connectivity index (χ2n) is 5.43. The lowest BCUT2D eigenvalue weighted by molar-refractivity contribution is 0.327. The minimum absolute atomic E-state index is 0.306. The summed E-state index contributed by atoms with van der Waals surface area (Å²) in [4.78, 5) is 0. The van der Waals surface area contributed by atoms with E-state index in [4.69, 9.17) is 21.1 Å². The minimum Gasteiger partial charge on any atom is -0.493 e. The third-order valence-electron chi connectivity index (χ3n) is 3.38. The van der Waals surface area contributed by atoms with Crippen LogP contribution in [0, 0.1) is 5.41 Å². The molecule has 0 atom stereocenters. The number of benzene rings is 1. The first-order valence-electron chi connectivity index (χ1n) is 6.54. The molecule has 0 aliphatic rings. The SMILES string of the molecule is CCC(C)(C)CNCc1cc(Cl)c(OC)c(OC)c1. The molecule has 0 radical (unpaired) electrons. The lowest BCUT2D eigenvalue weighted by atomic mass is 9.90. The average Bonchev–Trinajstić information content (AvgIpc) is 2.37. The predicted molar refractivity (Wildman–Crippen MR) is 80.3 cm³/mol. The second kappa shape index (κ2) is 7.01. The van der Waals surface area contributed by atoms with Crippen molar-refractivity contribution < 1.29 is 9.47 Å². The Bertz CT molecular complexity index is 419. The molecule has 3 nitrogen and oxygen atoms in total. The van der Waals surface area contributed by atoms with Gasteiger partial charge in [0.15, 0.2) is 11.5 Å². The van der Waals surface area contributed by atoms with Gasteiger partial charge in [-0.2, -0.15) is 0 Å². The number of hydrogen-bond donors (Lipinski definition) is 1. The summed E-state index contributed by atoms with van der Waals surface area (Å²) in [6, 6.07) is 3.87. The molecule has 19 heavy (non-hydrogen) atoms. The zero-order chi connectivity index (χ0) is 14.5. The predicted octanol–water partition coefficient (Wildman–Crippen LogP) is 3.88. The lowest BCUT2D eigenvalue weighted by Gasteiger charge is -2.23. The molecule has 0 heterocycles. The quantitative estimate of drug-likeness (QED) is 0.825. The van der Waals surface area contributed by atoms with Gasteiger partial charge >= 0.3 is 0 Å². The van der Waals surface area contributed by atoms with Crippen molar-refractivity contribution in [3.63, 3.8) is 0 Å². The summed E-state index contributed by atoms with van der Waals surface area (Å²) >= 11 is 6.18. The topological polar surface area (TPSA) is 30.5 Å². The fourth-order valence-electron chi connectivity index (χ4n) is 1.74. The van der Waals surface area contributed by atoms with E-state index in [0.29, 0.717) is 21.9 Å². The monoisotopic (exact) mass is 285 g/mol. The molecule has 1 aromatic carbocycles. The summed E-state index contributed by atoms with van der Waals surface area (Å²) in [5.41, 5.74) is 1.40. The number of halogens is 1. The van der Waals surface area contributed by atoms with Crippen molar-refractivity contribution >= 4 is 11.6 Å². The van der Waals surface area contributed by atoms with Gasteiger partial charge in [0.1, 0.15) is 0 Å². The van der Waals surface area contributed by atoms with E-state index in [9.17, 15) is 0 Å². The summed E-state index contributed by atoms with van der Waals surface area (Å²) in [5.74, 6) is 1.25. The Hall–Kier alpha value is -0.930. The van der Waals surface area contributed by atoms with Crippen LogP contribution in [0.3, 0.4) is 0 Å². The van der Waals surface area contributed by atoms with Crippen LogP contribution in [-0.2, 0) is 6.54 Å². The van der Waals surface area contributed by atoms with Gasteiger partial charge in [-0.15, -0.1) is 0 Å². The van der Waals surface area contributed by atoms with Crippen molar-refractivity contribution in [2.45, 2.75) is 33.7 Å². The van der Waals surface area contributed by atoms with Crippen LogP contribution in [0.15, 0.2) is 12.1 Å². The van der Waals surface area contributed by atoms with Crippen LogP contribution in [0.5, 0.6) is 11.5 Å². The molecule has 1 aromatic rings. The van der Waals surface area contributed by atoms with Crippen LogP contribution >= 0.6 is 11.6 Å². The van der Waals surface area contributed by atoms with Gasteiger partial charge in [-0.1, -0.05) is 32.4 Å². The van der Waals surface area contributed by atoms with E-state index in [1.807, 2.05) is 12.1 Å². The molecule has 0 amide bonds. The fraction of sp³-hybridized carbons (Fsp3) is 0.600. The van der Waals surface area contributed by atoms with Crippen LogP contribution < -0.4 is 14.8 Å². The molecule has 1 N–H and O–H groups in total. The largest absolute Gasteiger partial charge is 0.493 e. The number of hydrogen-bond acceptors (Lipinski definition) is 3. The van der Waals surface area contributed by atoms with Gasteiger partial charge in [-0.25, -0.2) is 0 Å². The molecule has 0 saturated carbocycles. The molecule has 0 bridgehead atoms. The van der Waals surface area contributed by atoms with Crippen LogP contribution in [-0.4, -0.2) is 20.8 Å². The molecular formula is C15H24ClNO2. The van der Waals surface area contributed by atoms with Crippen molar-refractivity contribution in [2.24, 2.45) is 5.41 Å². The molecule has 0 unspecified atom stereocenters. The molecule has 0 aliphatic heterocycles. The maximum atomic E-state index is 6.18. The highest BCUT2D eigenvalue weighted by Gasteiger charge is 2.15. The summed E-state index contributed by atoms with van der Waals surface area (Å²) < 4.78 is 10.5. The van der Waals surface area contributed by atoms with Crippen LogP contribution in [0.2, 0.25) is 5.02 Å². The van der Waals surface area contributed by atoms with Gasteiger partial charge in [-0.05, 0) is 29.5 Å². The Morgan fingerprint density at radius 3 is 2.42 bits per heavy atom. The molecule has 108 valence electrons. The van der Waals surface area contributed by atoms with E-state index in [1.54, 1.807) is 14.2 Å².